The van der Waals surface area contributed by atoms with Gasteiger partial charge in [0.2, 0.25) is 0 Å². The van der Waals surface area contributed by atoms with Crippen LogP contribution in [0.5, 0.6) is 0 Å². The summed E-state index contributed by atoms with van der Waals surface area (Å²) < 4.78 is 13.4. The predicted molar refractivity (Wildman–Crippen MR) is 111 cm³/mol. The molecule has 0 aliphatic heterocycles. The van der Waals surface area contributed by atoms with Crippen molar-refractivity contribution in [3.63, 3.8) is 0 Å². The summed E-state index contributed by atoms with van der Waals surface area (Å²) in [7, 11) is 0. The van der Waals surface area contributed by atoms with Gasteiger partial charge in [-0.15, -0.1) is 0 Å². The van der Waals surface area contributed by atoms with Crippen molar-refractivity contribution >= 4 is 0 Å². The van der Waals surface area contributed by atoms with Gasteiger partial charge < -0.3 is 5.11 Å². The van der Waals surface area contributed by atoms with Crippen molar-refractivity contribution in [3.05, 3.63) is 24.5 Å². The van der Waals surface area contributed by atoms with Crippen molar-refractivity contribution in [2.45, 2.75) is 76.9 Å². The first-order valence-electron chi connectivity index (χ1n) is 11.7. The van der Waals surface area contributed by atoms with Gasteiger partial charge in [-0.2, -0.15) is 15.0 Å². The van der Waals surface area contributed by atoms with Gasteiger partial charge in [0.1, 0.15) is 6.67 Å². The zero-order valence-corrected chi connectivity index (χ0v) is 17.8. The van der Waals surface area contributed by atoms with Gasteiger partial charge in [-0.3, -0.25) is 0 Å². The molecular weight excluding hydrogens is 365 g/mol. The second-order valence-corrected chi connectivity index (χ2v) is 10.9. The lowest BCUT2D eigenvalue weighted by atomic mass is 9.48. The van der Waals surface area contributed by atoms with Crippen molar-refractivity contribution < 1.29 is 9.50 Å². The van der Waals surface area contributed by atoms with E-state index in [2.05, 4.69) is 23.7 Å². The van der Waals surface area contributed by atoms with Gasteiger partial charge in [-0.1, -0.05) is 19.1 Å². The highest BCUT2D eigenvalue weighted by atomic mass is 19.1. The fraction of sp³-hybridized carbons (Fsp3) is 0.833. The number of aromatic nitrogens is 3. The molecule has 0 aromatic carbocycles. The van der Waals surface area contributed by atoms with Gasteiger partial charge in [-0.05, 0) is 98.7 Å². The van der Waals surface area contributed by atoms with Gasteiger partial charge in [0.15, 0.2) is 0 Å². The summed E-state index contributed by atoms with van der Waals surface area (Å²) in [5, 5.41) is 19.1. The molecule has 1 aromatic rings. The van der Waals surface area contributed by atoms with E-state index in [1.54, 1.807) is 17.2 Å². The summed E-state index contributed by atoms with van der Waals surface area (Å²) in [6.07, 6.45) is 13.5. The monoisotopic (exact) mass is 401 g/mol. The Hall–Kier alpha value is -1.23. The predicted octanol–water partition coefficient (Wildman–Crippen LogP) is 4.80. The second-order valence-electron chi connectivity index (χ2n) is 10.9. The lowest BCUT2D eigenvalue weighted by Gasteiger charge is -2.57. The van der Waals surface area contributed by atoms with Crippen LogP contribution in [0.1, 0.15) is 64.7 Å². The highest BCUT2D eigenvalue weighted by Crippen LogP contribution is 2.65. The van der Waals surface area contributed by atoms with Crippen LogP contribution in [-0.4, -0.2) is 32.4 Å². The normalized spacial score (nSPS) is 46.6. The third-order valence-electron chi connectivity index (χ3n) is 9.66. The minimum atomic E-state index is -1.03. The van der Waals surface area contributed by atoms with Crippen LogP contribution < -0.4 is 0 Å². The molecule has 8 atom stereocenters. The number of halogens is 1. The lowest BCUT2D eigenvalue weighted by Crippen LogP contribution is -2.51. The molecule has 0 spiro atoms. The Morgan fingerprint density at radius 3 is 2.59 bits per heavy atom. The SMILES string of the molecule is C=C(Cn1nccn1)[C@H]1CC[C@H]2[C@@H]3CC[C@@H]4C[C@@](O)(CF)CC[C@@H]4[C@H]3CC[C@]12C. The average molecular weight is 402 g/mol. The molecular formula is C24H36FN3O. The average Bonchev–Trinajstić information content (AvgIpc) is 3.34. The Bertz CT molecular complexity index is 751. The fourth-order valence-electron chi connectivity index (χ4n) is 8.37. The molecule has 4 aliphatic rings. The molecule has 0 saturated heterocycles. The molecule has 4 saturated carbocycles. The van der Waals surface area contributed by atoms with Crippen LogP contribution in [0.15, 0.2) is 24.5 Å². The Balaban J connectivity index is 1.31. The van der Waals surface area contributed by atoms with Gasteiger partial charge in [0.05, 0.1) is 24.5 Å². The molecule has 1 aromatic heterocycles. The summed E-state index contributed by atoms with van der Waals surface area (Å²) in [6, 6.07) is 0. The smallest absolute Gasteiger partial charge is 0.118 e. The third kappa shape index (κ3) is 3.19. The fourth-order valence-corrected chi connectivity index (χ4v) is 8.37. The van der Waals surface area contributed by atoms with Crippen LogP contribution in [0.4, 0.5) is 4.39 Å². The maximum atomic E-state index is 13.4. The molecule has 0 amide bonds. The molecule has 5 rings (SSSR count). The van der Waals surface area contributed by atoms with E-state index >= 15 is 0 Å². The van der Waals surface area contributed by atoms with Gasteiger partial charge in [0.25, 0.3) is 0 Å². The Labute approximate surface area is 174 Å². The first-order chi connectivity index (χ1) is 13.9. The van der Waals surface area contributed by atoms with Crippen LogP contribution in [0, 0.1) is 40.9 Å². The Morgan fingerprint density at radius 2 is 1.83 bits per heavy atom. The van der Waals surface area contributed by atoms with Gasteiger partial charge in [0, 0.05) is 0 Å². The summed E-state index contributed by atoms with van der Waals surface area (Å²) in [4.78, 5) is 1.77. The molecule has 160 valence electrons. The molecule has 1 heterocycles. The minimum absolute atomic E-state index is 0.354. The van der Waals surface area contributed by atoms with Crippen LogP contribution in [0.2, 0.25) is 0 Å². The molecule has 4 fully saturated rings. The van der Waals surface area contributed by atoms with E-state index in [1.807, 2.05) is 0 Å². The van der Waals surface area contributed by atoms with Crippen molar-refractivity contribution in [2.75, 3.05) is 6.67 Å². The van der Waals surface area contributed by atoms with Crippen molar-refractivity contribution in [3.8, 4) is 0 Å². The summed E-state index contributed by atoms with van der Waals surface area (Å²) in [5.41, 5.74) is 0.615. The second kappa shape index (κ2) is 7.18. The number of alkyl halides is 1. The van der Waals surface area contributed by atoms with E-state index in [9.17, 15) is 9.50 Å². The molecule has 1 N–H and O–H groups in total. The molecule has 0 bridgehead atoms. The Kier molecular flexibility index (Phi) is 4.88. The lowest BCUT2D eigenvalue weighted by molar-refractivity contribution is -0.110. The van der Waals surface area contributed by atoms with Crippen molar-refractivity contribution in [1.82, 2.24) is 15.0 Å². The van der Waals surface area contributed by atoms with E-state index in [-0.39, 0.29) is 0 Å². The summed E-state index contributed by atoms with van der Waals surface area (Å²) in [6.45, 7) is 7.18. The number of hydrogen-bond donors (Lipinski definition) is 1. The number of fused-ring (bicyclic) bond motifs is 5. The van der Waals surface area contributed by atoms with E-state index in [0.717, 1.165) is 30.7 Å². The number of nitrogens with zero attached hydrogens (tertiary/aromatic N) is 3. The molecule has 0 radical (unpaired) electrons. The van der Waals surface area contributed by atoms with E-state index < -0.39 is 12.3 Å². The molecule has 5 heteroatoms. The number of aliphatic hydroxyl groups is 1. The molecule has 4 nitrogen and oxygen atoms in total. The number of allylic oxidation sites excluding steroid dienone is 1. The zero-order valence-electron chi connectivity index (χ0n) is 17.8. The maximum absolute atomic E-state index is 13.4. The number of hydrogen-bond acceptors (Lipinski definition) is 3. The van der Waals surface area contributed by atoms with E-state index in [0.29, 0.717) is 36.0 Å². The summed E-state index contributed by atoms with van der Waals surface area (Å²) >= 11 is 0. The molecule has 4 aliphatic carbocycles. The topological polar surface area (TPSA) is 50.9 Å². The standard InChI is InChI=1S/C24H36FN3O/c1-16(14-28-26-11-12-27-28)21-5-6-22-20-4-3-17-13-24(29,15-25)10-8-18(17)19(20)7-9-23(21,22)2/h11-12,17-22,29H,1,3-10,13-15H2,2H3/t17-,18+,19-,20-,21-,22+,23-,24-/m1/s1. The highest BCUT2D eigenvalue weighted by molar-refractivity contribution is 5.15. The first kappa shape index (κ1) is 19.7. The van der Waals surface area contributed by atoms with Crippen molar-refractivity contribution in [2.24, 2.45) is 40.9 Å². The van der Waals surface area contributed by atoms with Crippen LogP contribution >= 0.6 is 0 Å². The maximum Gasteiger partial charge on any atom is 0.118 e. The summed E-state index contributed by atoms with van der Waals surface area (Å²) in [5.74, 6) is 4.20. The number of rotatable bonds is 4. The molecule has 0 unspecified atom stereocenters. The van der Waals surface area contributed by atoms with E-state index in [4.69, 9.17) is 0 Å². The minimum Gasteiger partial charge on any atom is -0.387 e. The van der Waals surface area contributed by atoms with Crippen LogP contribution in [0.25, 0.3) is 0 Å². The van der Waals surface area contributed by atoms with Gasteiger partial charge in [-0.25, -0.2) is 4.39 Å². The zero-order chi connectivity index (χ0) is 20.2. The third-order valence-corrected chi connectivity index (χ3v) is 9.66. The van der Waals surface area contributed by atoms with Crippen LogP contribution in [-0.2, 0) is 6.54 Å². The van der Waals surface area contributed by atoms with E-state index in [1.165, 1.54) is 44.1 Å². The quantitative estimate of drug-likeness (QED) is 0.737. The van der Waals surface area contributed by atoms with Crippen LogP contribution in [0.3, 0.4) is 0 Å². The highest BCUT2D eigenvalue weighted by Gasteiger charge is 2.58. The Morgan fingerprint density at radius 1 is 1.07 bits per heavy atom. The van der Waals surface area contributed by atoms with Crippen molar-refractivity contribution in [1.29, 1.82) is 0 Å². The molecule has 29 heavy (non-hydrogen) atoms. The van der Waals surface area contributed by atoms with Gasteiger partial charge >= 0.3 is 0 Å². The largest absolute Gasteiger partial charge is 0.387 e. The first-order valence-corrected chi connectivity index (χ1v) is 11.7.